The Labute approximate surface area is 121 Å². The Balaban J connectivity index is 2.17. The van der Waals surface area contributed by atoms with Crippen LogP contribution in [0.3, 0.4) is 0 Å². The molecule has 1 amide bonds. The van der Waals surface area contributed by atoms with Crippen LogP contribution in [0.15, 0.2) is 24.3 Å². The van der Waals surface area contributed by atoms with E-state index in [1.54, 1.807) is 11.3 Å². The minimum absolute atomic E-state index is 0.00987. The maximum Gasteiger partial charge on any atom is 0.254 e. The van der Waals surface area contributed by atoms with Gasteiger partial charge in [0, 0.05) is 15.4 Å². The molecule has 0 spiro atoms. The van der Waals surface area contributed by atoms with E-state index in [0.717, 1.165) is 16.5 Å². The highest BCUT2D eigenvalue weighted by atomic mass is 32.1. The molecule has 0 aliphatic heterocycles. The molecule has 0 saturated heterocycles. The number of nitrogens with one attached hydrogen (secondary N) is 1. The van der Waals surface area contributed by atoms with Crippen molar-refractivity contribution in [3.8, 4) is 0 Å². The van der Waals surface area contributed by atoms with Crippen molar-refractivity contribution in [3.63, 3.8) is 0 Å². The van der Waals surface area contributed by atoms with Gasteiger partial charge in [-0.15, -0.1) is 11.3 Å². The van der Waals surface area contributed by atoms with Crippen LogP contribution >= 0.6 is 11.3 Å². The van der Waals surface area contributed by atoms with E-state index in [2.05, 4.69) is 5.32 Å². The first-order chi connectivity index (χ1) is 9.38. The average Bonchev–Trinajstić information content (AvgIpc) is 2.68. The topological polar surface area (TPSA) is 55.1 Å². The number of anilines is 1. The van der Waals surface area contributed by atoms with Gasteiger partial charge in [0.25, 0.3) is 5.91 Å². The minimum Gasteiger partial charge on any atom is -0.399 e. The average molecular weight is 292 g/mol. The van der Waals surface area contributed by atoms with E-state index in [1.807, 2.05) is 26.8 Å². The van der Waals surface area contributed by atoms with E-state index in [1.165, 1.54) is 17.0 Å². The summed E-state index contributed by atoms with van der Waals surface area (Å²) < 4.78 is 13.7. The van der Waals surface area contributed by atoms with E-state index in [9.17, 15) is 9.18 Å². The molecule has 0 fully saturated rings. The summed E-state index contributed by atoms with van der Waals surface area (Å²) in [6, 6.07) is 5.95. The lowest BCUT2D eigenvalue weighted by molar-refractivity contribution is 0.0936. The van der Waals surface area contributed by atoms with Crippen LogP contribution in [-0.4, -0.2) is 5.91 Å². The molecular weight excluding hydrogens is 275 g/mol. The lowest BCUT2D eigenvalue weighted by Gasteiger charge is -2.14. The first kappa shape index (κ1) is 14.5. The summed E-state index contributed by atoms with van der Waals surface area (Å²) in [6.07, 6.45) is 0. The number of carbonyl (C=O) groups excluding carboxylic acids is 1. The number of carbonyl (C=O) groups is 1. The van der Waals surface area contributed by atoms with Crippen LogP contribution in [0.5, 0.6) is 0 Å². The largest absolute Gasteiger partial charge is 0.399 e. The van der Waals surface area contributed by atoms with Gasteiger partial charge in [-0.1, -0.05) is 0 Å². The summed E-state index contributed by atoms with van der Waals surface area (Å²) in [5, 5.41) is 2.81. The van der Waals surface area contributed by atoms with Gasteiger partial charge in [-0.25, -0.2) is 4.39 Å². The van der Waals surface area contributed by atoms with Crippen LogP contribution in [-0.2, 0) is 0 Å². The SMILES string of the molecule is Cc1cc(C(C)NC(=O)c2ccc(N)cc2F)c(C)s1. The van der Waals surface area contributed by atoms with Gasteiger partial charge in [-0.2, -0.15) is 0 Å². The third-order valence-electron chi connectivity index (χ3n) is 3.13. The molecular formula is C15H17FN2OS. The van der Waals surface area contributed by atoms with Crippen molar-refractivity contribution in [1.82, 2.24) is 5.32 Å². The fourth-order valence-electron chi connectivity index (χ4n) is 2.15. The molecule has 106 valence electrons. The highest BCUT2D eigenvalue weighted by Gasteiger charge is 2.17. The molecule has 1 atom stereocenters. The molecule has 0 aliphatic carbocycles. The number of nitrogen functional groups attached to an aromatic ring is 1. The van der Waals surface area contributed by atoms with Crippen LogP contribution in [0, 0.1) is 19.7 Å². The Morgan fingerprint density at radius 3 is 2.60 bits per heavy atom. The van der Waals surface area contributed by atoms with Gasteiger partial charge in [0.15, 0.2) is 0 Å². The second-order valence-electron chi connectivity index (χ2n) is 4.80. The van der Waals surface area contributed by atoms with E-state index < -0.39 is 11.7 Å². The first-order valence-corrected chi connectivity index (χ1v) is 7.13. The van der Waals surface area contributed by atoms with Crippen LogP contribution in [0.2, 0.25) is 0 Å². The molecule has 0 aliphatic rings. The number of halogens is 1. The third-order valence-corrected chi connectivity index (χ3v) is 4.11. The highest BCUT2D eigenvalue weighted by molar-refractivity contribution is 7.12. The van der Waals surface area contributed by atoms with Crippen molar-refractivity contribution < 1.29 is 9.18 Å². The van der Waals surface area contributed by atoms with E-state index in [0.29, 0.717) is 5.69 Å². The van der Waals surface area contributed by atoms with Gasteiger partial charge in [0.2, 0.25) is 0 Å². The molecule has 1 heterocycles. The molecule has 0 saturated carbocycles. The maximum absolute atomic E-state index is 13.7. The lowest BCUT2D eigenvalue weighted by Crippen LogP contribution is -2.27. The summed E-state index contributed by atoms with van der Waals surface area (Å²) in [6.45, 7) is 5.93. The van der Waals surface area contributed by atoms with Gasteiger partial charge in [0.1, 0.15) is 5.82 Å². The van der Waals surface area contributed by atoms with Crippen molar-refractivity contribution >= 4 is 22.9 Å². The second kappa shape index (κ2) is 5.63. The summed E-state index contributed by atoms with van der Waals surface area (Å²) in [7, 11) is 0. The number of thiophene rings is 1. The molecule has 2 rings (SSSR count). The number of aryl methyl sites for hydroxylation is 2. The van der Waals surface area contributed by atoms with Gasteiger partial charge in [-0.05, 0) is 50.6 Å². The van der Waals surface area contributed by atoms with E-state index in [-0.39, 0.29) is 11.6 Å². The Morgan fingerprint density at radius 2 is 2.05 bits per heavy atom. The zero-order valence-corrected chi connectivity index (χ0v) is 12.5. The zero-order chi connectivity index (χ0) is 14.9. The lowest BCUT2D eigenvalue weighted by atomic mass is 10.1. The molecule has 5 heteroatoms. The number of rotatable bonds is 3. The quantitative estimate of drug-likeness (QED) is 0.850. The molecule has 20 heavy (non-hydrogen) atoms. The summed E-state index contributed by atoms with van der Waals surface area (Å²) in [5.41, 5.74) is 6.85. The standard InChI is InChI=1S/C15H17FN2OS/c1-8-6-13(10(3)20-8)9(2)18-15(19)12-5-4-11(17)7-14(12)16/h4-7,9H,17H2,1-3H3,(H,18,19). The van der Waals surface area contributed by atoms with Crippen LogP contribution in [0.4, 0.5) is 10.1 Å². The number of benzene rings is 1. The van der Waals surface area contributed by atoms with Gasteiger partial charge in [-0.3, -0.25) is 4.79 Å². The summed E-state index contributed by atoms with van der Waals surface area (Å²) in [5.74, 6) is -1.04. The molecule has 1 unspecified atom stereocenters. The summed E-state index contributed by atoms with van der Waals surface area (Å²) in [4.78, 5) is 14.4. The molecule has 0 radical (unpaired) electrons. The number of hydrogen-bond acceptors (Lipinski definition) is 3. The predicted molar refractivity (Wildman–Crippen MR) is 80.5 cm³/mol. The van der Waals surface area contributed by atoms with E-state index >= 15 is 0 Å². The third kappa shape index (κ3) is 2.99. The first-order valence-electron chi connectivity index (χ1n) is 6.31. The van der Waals surface area contributed by atoms with Gasteiger partial charge >= 0.3 is 0 Å². The zero-order valence-electron chi connectivity index (χ0n) is 11.7. The molecule has 2 aromatic rings. The molecule has 0 bridgehead atoms. The smallest absolute Gasteiger partial charge is 0.254 e. The molecule has 1 aromatic carbocycles. The van der Waals surface area contributed by atoms with Crippen LogP contribution in [0.1, 0.15) is 38.6 Å². The van der Waals surface area contributed by atoms with Crippen molar-refractivity contribution in [2.45, 2.75) is 26.8 Å². The van der Waals surface area contributed by atoms with Gasteiger partial charge < -0.3 is 11.1 Å². The Hall–Kier alpha value is -1.88. The van der Waals surface area contributed by atoms with Crippen LogP contribution in [0.25, 0.3) is 0 Å². The van der Waals surface area contributed by atoms with Crippen molar-refractivity contribution in [3.05, 3.63) is 51.0 Å². The Kier molecular flexibility index (Phi) is 4.09. The fourth-order valence-corrected chi connectivity index (χ4v) is 3.17. The number of nitrogens with two attached hydrogens (primary N) is 1. The Bertz CT molecular complexity index is 651. The normalized spacial score (nSPS) is 12.2. The Morgan fingerprint density at radius 1 is 1.35 bits per heavy atom. The second-order valence-corrected chi connectivity index (χ2v) is 6.26. The monoisotopic (exact) mass is 292 g/mol. The fraction of sp³-hybridized carbons (Fsp3) is 0.267. The number of amides is 1. The van der Waals surface area contributed by atoms with Crippen molar-refractivity contribution in [2.75, 3.05) is 5.73 Å². The highest BCUT2D eigenvalue weighted by Crippen LogP contribution is 2.26. The summed E-state index contributed by atoms with van der Waals surface area (Å²) >= 11 is 1.68. The predicted octanol–water partition coefficient (Wildman–Crippen LogP) is 3.58. The van der Waals surface area contributed by atoms with Crippen molar-refractivity contribution in [2.24, 2.45) is 0 Å². The minimum atomic E-state index is -0.604. The maximum atomic E-state index is 13.7. The van der Waals surface area contributed by atoms with Crippen molar-refractivity contribution in [1.29, 1.82) is 0 Å². The van der Waals surface area contributed by atoms with Gasteiger partial charge in [0.05, 0.1) is 11.6 Å². The molecule has 3 nitrogen and oxygen atoms in total. The molecule has 3 N–H and O–H groups in total. The van der Waals surface area contributed by atoms with Crippen LogP contribution < -0.4 is 11.1 Å². The molecule has 1 aromatic heterocycles. The number of hydrogen-bond donors (Lipinski definition) is 2. The van der Waals surface area contributed by atoms with E-state index in [4.69, 9.17) is 5.73 Å².